The Morgan fingerprint density at radius 2 is 2.11 bits per heavy atom. The third-order valence-electron chi connectivity index (χ3n) is 2.24. The van der Waals surface area contributed by atoms with Crippen LogP contribution in [0.2, 0.25) is 0 Å². The molecule has 94 valence electrons. The zero-order valence-corrected chi connectivity index (χ0v) is 9.55. The van der Waals surface area contributed by atoms with Crippen molar-refractivity contribution in [2.45, 2.75) is 6.18 Å². The van der Waals surface area contributed by atoms with E-state index in [1.54, 1.807) is 0 Å². The zero-order valence-electron chi connectivity index (χ0n) is 8.73. The molecule has 2 heterocycles. The SMILES string of the molecule is O=C(O)c1csc(-c2cnccc2C(F)(F)F)c1. The summed E-state index contributed by atoms with van der Waals surface area (Å²) in [5, 5.41) is 10.0. The predicted molar refractivity (Wildman–Crippen MR) is 59.5 cm³/mol. The molecule has 0 aromatic carbocycles. The molecule has 7 heteroatoms. The number of carboxylic acids is 1. The van der Waals surface area contributed by atoms with Crippen molar-refractivity contribution < 1.29 is 23.1 Å². The van der Waals surface area contributed by atoms with Gasteiger partial charge in [-0.1, -0.05) is 0 Å². The third-order valence-corrected chi connectivity index (χ3v) is 3.20. The van der Waals surface area contributed by atoms with E-state index in [-0.39, 0.29) is 16.0 Å². The van der Waals surface area contributed by atoms with Crippen molar-refractivity contribution in [2.75, 3.05) is 0 Å². The normalized spacial score (nSPS) is 11.5. The first-order chi connectivity index (χ1) is 8.39. The van der Waals surface area contributed by atoms with Crippen LogP contribution in [0.1, 0.15) is 15.9 Å². The number of pyridine rings is 1. The molecule has 0 fully saturated rings. The number of hydrogen-bond donors (Lipinski definition) is 1. The van der Waals surface area contributed by atoms with Crippen molar-refractivity contribution in [1.82, 2.24) is 4.98 Å². The fourth-order valence-electron chi connectivity index (χ4n) is 1.43. The average molecular weight is 273 g/mol. The van der Waals surface area contributed by atoms with E-state index in [2.05, 4.69) is 4.98 Å². The van der Waals surface area contributed by atoms with E-state index in [9.17, 15) is 18.0 Å². The fraction of sp³-hybridized carbons (Fsp3) is 0.0909. The van der Waals surface area contributed by atoms with Crippen LogP contribution in [0, 0.1) is 0 Å². The largest absolute Gasteiger partial charge is 0.478 e. The van der Waals surface area contributed by atoms with Crippen molar-refractivity contribution in [3.63, 3.8) is 0 Å². The summed E-state index contributed by atoms with van der Waals surface area (Å²) in [5.41, 5.74) is -0.967. The number of hydrogen-bond acceptors (Lipinski definition) is 3. The van der Waals surface area contributed by atoms with Gasteiger partial charge in [-0.2, -0.15) is 13.2 Å². The van der Waals surface area contributed by atoms with E-state index < -0.39 is 17.7 Å². The number of nitrogens with zero attached hydrogens (tertiary/aromatic N) is 1. The second-order valence-electron chi connectivity index (χ2n) is 3.42. The van der Waals surface area contributed by atoms with E-state index in [1.165, 1.54) is 11.4 Å². The number of alkyl halides is 3. The molecular formula is C11H6F3NO2S. The van der Waals surface area contributed by atoms with Gasteiger partial charge in [-0.15, -0.1) is 11.3 Å². The van der Waals surface area contributed by atoms with Gasteiger partial charge in [0.2, 0.25) is 0 Å². The van der Waals surface area contributed by atoms with E-state index in [0.29, 0.717) is 0 Å². The van der Waals surface area contributed by atoms with E-state index >= 15 is 0 Å². The monoisotopic (exact) mass is 273 g/mol. The summed E-state index contributed by atoms with van der Waals surface area (Å²) in [6, 6.07) is 2.08. The first kappa shape index (κ1) is 12.6. The summed E-state index contributed by atoms with van der Waals surface area (Å²) in [6.07, 6.45) is -2.36. The molecule has 3 nitrogen and oxygen atoms in total. The van der Waals surface area contributed by atoms with Gasteiger partial charge in [-0.05, 0) is 12.1 Å². The maximum atomic E-state index is 12.8. The van der Waals surface area contributed by atoms with E-state index in [0.717, 1.165) is 29.8 Å². The van der Waals surface area contributed by atoms with Crippen LogP contribution in [0.3, 0.4) is 0 Å². The van der Waals surface area contributed by atoms with Gasteiger partial charge in [0.25, 0.3) is 0 Å². The van der Waals surface area contributed by atoms with E-state index in [1.807, 2.05) is 0 Å². The Morgan fingerprint density at radius 3 is 2.67 bits per heavy atom. The number of rotatable bonds is 2. The number of thiophene rings is 1. The van der Waals surface area contributed by atoms with Crippen LogP contribution in [0.15, 0.2) is 29.9 Å². The van der Waals surface area contributed by atoms with Crippen LogP contribution in [-0.4, -0.2) is 16.1 Å². The van der Waals surface area contributed by atoms with Gasteiger partial charge in [-0.3, -0.25) is 4.98 Å². The number of aromatic nitrogens is 1. The Bertz CT molecular complexity index is 592. The topological polar surface area (TPSA) is 50.2 Å². The highest BCUT2D eigenvalue weighted by Crippen LogP contribution is 2.38. The van der Waals surface area contributed by atoms with Crippen LogP contribution >= 0.6 is 11.3 Å². The number of halogens is 3. The molecule has 2 rings (SSSR count). The van der Waals surface area contributed by atoms with Gasteiger partial charge in [0.15, 0.2) is 0 Å². The van der Waals surface area contributed by atoms with Gasteiger partial charge < -0.3 is 5.11 Å². The second-order valence-corrected chi connectivity index (χ2v) is 4.34. The first-order valence-corrected chi connectivity index (χ1v) is 5.61. The summed E-state index contributed by atoms with van der Waals surface area (Å²) >= 11 is 0.940. The lowest BCUT2D eigenvalue weighted by Crippen LogP contribution is -2.06. The molecule has 0 spiro atoms. The minimum absolute atomic E-state index is 0.0352. The molecule has 0 unspecified atom stereocenters. The molecule has 0 aliphatic rings. The lowest BCUT2D eigenvalue weighted by atomic mass is 10.1. The molecule has 0 atom stereocenters. The molecule has 0 bridgehead atoms. The summed E-state index contributed by atoms with van der Waals surface area (Å²) in [4.78, 5) is 14.6. The maximum absolute atomic E-state index is 12.8. The minimum atomic E-state index is -4.49. The highest BCUT2D eigenvalue weighted by Gasteiger charge is 2.34. The molecule has 1 N–H and O–H groups in total. The van der Waals surface area contributed by atoms with Crippen LogP contribution in [-0.2, 0) is 6.18 Å². The molecular weight excluding hydrogens is 267 g/mol. The molecule has 2 aromatic heterocycles. The molecule has 2 aromatic rings. The predicted octanol–water partition coefficient (Wildman–Crippen LogP) is 3.53. The van der Waals surface area contributed by atoms with Crippen molar-refractivity contribution in [3.8, 4) is 10.4 Å². The van der Waals surface area contributed by atoms with Gasteiger partial charge in [0.05, 0.1) is 11.1 Å². The highest BCUT2D eigenvalue weighted by atomic mass is 32.1. The fourth-order valence-corrected chi connectivity index (χ4v) is 2.34. The smallest absolute Gasteiger partial charge is 0.417 e. The van der Waals surface area contributed by atoms with Crippen LogP contribution in [0.25, 0.3) is 10.4 Å². The second kappa shape index (κ2) is 4.41. The highest BCUT2D eigenvalue weighted by molar-refractivity contribution is 7.13. The van der Waals surface area contributed by atoms with Gasteiger partial charge in [0.1, 0.15) is 0 Å². The van der Waals surface area contributed by atoms with Gasteiger partial charge >= 0.3 is 12.1 Å². The summed E-state index contributed by atoms with van der Waals surface area (Å²) in [6.45, 7) is 0. The van der Waals surface area contributed by atoms with Crippen molar-refractivity contribution in [1.29, 1.82) is 0 Å². The molecule has 0 aliphatic heterocycles. The maximum Gasteiger partial charge on any atom is 0.417 e. The summed E-state index contributed by atoms with van der Waals surface area (Å²) in [7, 11) is 0. The average Bonchev–Trinajstić information content (AvgIpc) is 2.77. The van der Waals surface area contributed by atoms with Crippen LogP contribution in [0.5, 0.6) is 0 Å². The van der Waals surface area contributed by atoms with Crippen molar-refractivity contribution in [3.05, 3.63) is 41.0 Å². The Balaban J connectivity index is 2.53. The Hall–Kier alpha value is -1.89. The quantitative estimate of drug-likeness (QED) is 0.910. The number of carboxylic acid groups (broad SMARTS) is 1. The lowest BCUT2D eigenvalue weighted by molar-refractivity contribution is -0.137. The molecule has 0 radical (unpaired) electrons. The van der Waals surface area contributed by atoms with Gasteiger partial charge in [-0.25, -0.2) is 4.79 Å². The van der Waals surface area contributed by atoms with Crippen LogP contribution in [0.4, 0.5) is 13.2 Å². The number of aromatic carboxylic acids is 1. The minimum Gasteiger partial charge on any atom is -0.478 e. The van der Waals surface area contributed by atoms with Crippen molar-refractivity contribution >= 4 is 17.3 Å². The first-order valence-electron chi connectivity index (χ1n) is 4.73. The third kappa shape index (κ3) is 2.35. The Morgan fingerprint density at radius 1 is 1.39 bits per heavy atom. The van der Waals surface area contributed by atoms with Gasteiger partial charge in [0, 0.05) is 28.2 Å². The molecule has 0 amide bonds. The Labute approximate surface area is 104 Å². The molecule has 18 heavy (non-hydrogen) atoms. The molecule has 0 saturated heterocycles. The lowest BCUT2D eigenvalue weighted by Gasteiger charge is -2.10. The Kier molecular flexibility index (Phi) is 3.08. The van der Waals surface area contributed by atoms with Crippen LogP contribution < -0.4 is 0 Å². The zero-order chi connectivity index (χ0) is 13.3. The number of carbonyl (C=O) groups is 1. The van der Waals surface area contributed by atoms with E-state index in [4.69, 9.17) is 5.11 Å². The molecule has 0 aliphatic carbocycles. The summed E-state index contributed by atoms with van der Waals surface area (Å²) < 4.78 is 38.3. The summed E-state index contributed by atoms with van der Waals surface area (Å²) in [5.74, 6) is -1.17. The standard InChI is InChI=1S/C11H6F3NO2S/c12-11(13,14)8-1-2-15-4-7(8)9-3-6(5-18-9)10(16)17/h1-5H,(H,16,17). The van der Waals surface area contributed by atoms with Crippen molar-refractivity contribution in [2.24, 2.45) is 0 Å². The molecule has 0 saturated carbocycles.